The van der Waals surface area contributed by atoms with Gasteiger partial charge in [0.1, 0.15) is 0 Å². The van der Waals surface area contributed by atoms with E-state index >= 15 is 0 Å². The Kier molecular flexibility index (Phi) is 4.71. The molecule has 1 aliphatic rings. The summed E-state index contributed by atoms with van der Waals surface area (Å²) in [5.74, 6) is 0. The first-order valence-corrected chi connectivity index (χ1v) is 9.61. The van der Waals surface area contributed by atoms with Gasteiger partial charge in [0, 0.05) is 25.0 Å². The first-order valence-electron chi connectivity index (χ1n) is 8.17. The second-order valence-corrected chi connectivity index (χ2v) is 8.18. The highest BCUT2D eigenvalue weighted by Crippen LogP contribution is 2.36. The van der Waals surface area contributed by atoms with Gasteiger partial charge in [-0.2, -0.15) is 17.4 Å². The van der Waals surface area contributed by atoms with Crippen molar-refractivity contribution in [1.82, 2.24) is 14.0 Å². The van der Waals surface area contributed by atoms with Crippen LogP contribution >= 0.6 is 0 Å². The normalized spacial score (nSPS) is 18.6. The zero-order valence-electron chi connectivity index (χ0n) is 14.2. The minimum absolute atomic E-state index is 0.149. The van der Waals surface area contributed by atoms with Gasteiger partial charge < -0.3 is 0 Å². The molecule has 1 aromatic carbocycles. The summed E-state index contributed by atoms with van der Waals surface area (Å²) < 4.78 is 30.0. The maximum atomic E-state index is 12.9. The molecule has 0 radical (unpaired) electrons. The van der Waals surface area contributed by atoms with E-state index in [1.807, 2.05) is 38.1 Å². The van der Waals surface area contributed by atoms with Crippen molar-refractivity contribution in [3.63, 3.8) is 0 Å². The maximum absolute atomic E-state index is 12.9. The summed E-state index contributed by atoms with van der Waals surface area (Å²) in [7, 11) is -3.58. The lowest BCUT2D eigenvalue weighted by Gasteiger charge is -2.37. The molecular weight excluding hydrogens is 322 g/mol. The average molecular weight is 345 g/mol. The molecule has 0 spiro atoms. The SMILES string of the molecule is Cc1ccc2c(c1)CCN(S(=O)(=O)NC(C)C)C2c1cccnc1. The van der Waals surface area contributed by atoms with Crippen molar-refractivity contribution in [1.29, 1.82) is 0 Å². The first kappa shape index (κ1) is 17.1. The van der Waals surface area contributed by atoms with Gasteiger partial charge in [-0.05, 0) is 49.9 Å². The van der Waals surface area contributed by atoms with Crippen LogP contribution in [0.2, 0.25) is 0 Å². The molecule has 0 bridgehead atoms. The molecule has 0 aliphatic carbocycles. The van der Waals surface area contributed by atoms with E-state index in [0.717, 1.165) is 11.1 Å². The average Bonchev–Trinajstić information content (AvgIpc) is 2.53. The molecule has 1 N–H and O–H groups in total. The fourth-order valence-corrected chi connectivity index (χ4v) is 4.82. The van der Waals surface area contributed by atoms with E-state index < -0.39 is 10.2 Å². The number of nitrogens with zero attached hydrogens (tertiary/aromatic N) is 2. The topological polar surface area (TPSA) is 62.3 Å². The number of hydrogen-bond donors (Lipinski definition) is 1. The second-order valence-electron chi connectivity index (χ2n) is 6.53. The molecule has 128 valence electrons. The predicted molar refractivity (Wildman–Crippen MR) is 94.9 cm³/mol. The highest BCUT2D eigenvalue weighted by atomic mass is 32.2. The number of fused-ring (bicyclic) bond motifs is 1. The molecule has 6 heteroatoms. The van der Waals surface area contributed by atoms with Gasteiger partial charge in [0.2, 0.25) is 0 Å². The van der Waals surface area contributed by atoms with Crippen molar-refractivity contribution in [2.45, 2.75) is 39.3 Å². The third-order valence-electron chi connectivity index (χ3n) is 4.18. The van der Waals surface area contributed by atoms with Gasteiger partial charge in [0.25, 0.3) is 10.2 Å². The molecule has 0 fully saturated rings. The fourth-order valence-electron chi connectivity index (χ4n) is 3.24. The number of hydrogen-bond acceptors (Lipinski definition) is 3. The van der Waals surface area contributed by atoms with Crippen LogP contribution in [0.3, 0.4) is 0 Å². The van der Waals surface area contributed by atoms with Crippen LogP contribution in [0.4, 0.5) is 0 Å². The van der Waals surface area contributed by atoms with Crippen molar-refractivity contribution in [3.05, 3.63) is 65.0 Å². The number of nitrogens with one attached hydrogen (secondary N) is 1. The molecule has 2 heterocycles. The Morgan fingerprint density at radius 2 is 2.08 bits per heavy atom. The van der Waals surface area contributed by atoms with Crippen molar-refractivity contribution in [2.75, 3.05) is 6.54 Å². The standard InChI is InChI=1S/C18H23N3O2S/c1-13(2)20-24(22,23)21-10-8-15-11-14(3)6-7-17(15)18(21)16-5-4-9-19-12-16/h4-7,9,11-13,18,20H,8,10H2,1-3H3. The lowest BCUT2D eigenvalue weighted by molar-refractivity contribution is 0.336. The molecule has 2 aromatic rings. The fraction of sp³-hybridized carbons (Fsp3) is 0.389. The van der Waals surface area contributed by atoms with Crippen molar-refractivity contribution >= 4 is 10.2 Å². The zero-order valence-corrected chi connectivity index (χ0v) is 15.0. The van der Waals surface area contributed by atoms with Crippen molar-refractivity contribution < 1.29 is 8.42 Å². The first-order chi connectivity index (χ1) is 11.4. The quantitative estimate of drug-likeness (QED) is 0.926. The summed E-state index contributed by atoms with van der Waals surface area (Å²) in [4.78, 5) is 4.19. The summed E-state index contributed by atoms with van der Waals surface area (Å²) in [5, 5.41) is 0. The van der Waals surface area contributed by atoms with Gasteiger partial charge in [0.15, 0.2) is 0 Å². The largest absolute Gasteiger partial charge is 0.280 e. The molecule has 1 unspecified atom stereocenters. The van der Waals surface area contributed by atoms with Gasteiger partial charge in [-0.1, -0.05) is 29.8 Å². The van der Waals surface area contributed by atoms with Crippen LogP contribution in [0.15, 0.2) is 42.7 Å². The third kappa shape index (κ3) is 3.36. The molecule has 0 amide bonds. The van der Waals surface area contributed by atoms with Crippen molar-refractivity contribution in [2.24, 2.45) is 0 Å². The van der Waals surface area contributed by atoms with Crippen molar-refractivity contribution in [3.8, 4) is 0 Å². The highest BCUT2D eigenvalue weighted by Gasteiger charge is 2.36. The molecule has 0 saturated heterocycles. The number of pyridine rings is 1. The van der Waals surface area contributed by atoms with E-state index in [4.69, 9.17) is 0 Å². The van der Waals surface area contributed by atoms with Crippen LogP contribution in [0.1, 0.15) is 42.1 Å². The van der Waals surface area contributed by atoms with E-state index in [0.29, 0.717) is 13.0 Å². The van der Waals surface area contributed by atoms with Crippen LogP contribution in [0, 0.1) is 6.92 Å². The van der Waals surface area contributed by atoms with Gasteiger partial charge in [-0.15, -0.1) is 0 Å². The molecule has 3 rings (SSSR count). The molecule has 0 saturated carbocycles. The number of rotatable bonds is 4. The third-order valence-corrected chi connectivity index (χ3v) is 5.96. The summed E-state index contributed by atoms with van der Waals surface area (Å²) in [5.41, 5.74) is 4.32. The Bertz CT molecular complexity index is 819. The van der Waals surface area contributed by atoms with E-state index in [1.165, 1.54) is 11.1 Å². The molecule has 1 aliphatic heterocycles. The van der Waals surface area contributed by atoms with Crippen LogP contribution in [-0.4, -0.2) is 30.3 Å². The molecule has 5 nitrogen and oxygen atoms in total. The smallest absolute Gasteiger partial charge is 0.264 e. The predicted octanol–water partition coefficient (Wildman–Crippen LogP) is 2.58. The van der Waals surface area contributed by atoms with Crippen LogP contribution in [-0.2, 0) is 16.6 Å². The lowest BCUT2D eigenvalue weighted by atomic mass is 9.89. The van der Waals surface area contributed by atoms with E-state index in [9.17, 15) is 8.42 Å². The second kappa shape index (κ2) is 6.63. The van der Waals surface area contributed by atoms with Gasteiger partial charge in [-0.25, -0.2) is 0 Å². The molecule has 1 aromatic heterocycles. The lowest BCUT2D eigenvalue weighted by Crippen LogP contribution is -2.48. The van der Waals surface area contributed by atoms with E-state index in [2.05, 4.69) is 22.7 Å². The number of aromatic nitrogens is 1. The number of aryl methyl sites for hydroxylation is 1. The summed E-state index contributed by atoms with van der Waals surface area (Å²) in [6.45, 7) is 6.18. The van der Waals surface area contributed by atoms with Gasteiger partial charge >= 0.3 is 0 Å². The van der Waals surface area contributed by atoms with E-state index in [-0.39, 0.29) is 12.1 Å². The zero-order chi connectivity index (χ0) is 17.3. The van der Waals surface area contributed by atoms with Crippen LogP contribution in [0.5, 0.6) is 0 Å². The summed E-state index contributed by atoms with van der Waals surface area (Å²) in [6.07, 6.45) is 4.16. The van der Waals surface area contributed by atoms with Gasteiger partial charge in [-0.3, -0.25) is 4.98 Å². The molecule has 24 heavy (non-hydrogen) atoms. The Morgan fingerprint density at radius 3 is 2.75 bits per heavy atom. The van der Waals surface area contributed by atoms with Gasteiger partial charge in [0.05, 0.1) is 6.04 Å². The monoisotopic (exact) mass is 345 g/mol. The Balaban J connectivity index is 2.12. The Morgan fingerprint density at radius 1 is 1.29 bits per heavy atom. The minimum Gasteiger partial charge on any atom is -0.264 e. The Hall–Kier alpha value is -1.76. The molecule has 1 atom stereocenters. The summed E-state index contributed by atoms with van der Waals surface area (Å²) in [6, 6.07) is 9.51. The Labute approximate surface area is 143 Å². The van der Waals surface area contributed by atoms with E-state index in [1.54, 1.807) is 16.7 Å². The van der Waals surface area contributed by atoms with Crippen LogP contribution < -0.4 is 4.72 Å². The maximum Gasteiger partial charge on any atom is 0.280 e. The molecular formula is C18H23N3O2S. The number of benzene rings is 1. The summed E-state index contributed by atoms with van der Waals surface area (Å²) >= 11 is 0. The van der Waals surface area contributed by atoms with Crippen LogP contribution in [0.25, 0.3) is 0 Å². The highest BCUT2D eigenvalue weighted by molar-refractivity contribution is 7.87. The minimum atomic E-state index is -3.58.